The summed E-state index contributed by atoms with van der Waals surface area (Å²) in [7, 11) is 0. The maximum absolute atomic E-state index is 12.4. The number of ether oxygens (including phenoxy) is 4. The maximum Gasteiger partial charge on any atom is 0.407 e. The fourth-order valence-electron chi connectivity index (χ4n) is 4.77. The number of carbonyl (C=O) groups excluding carboxylic acids is 2. The van der Waals surface area contributed by atoms with Gasteiger partial charge < -0.3 is 29.2 Å². The second-order valence-electron chi connectivity index (χ2n) is 11.5. The number of hydrogen-bond acceptors (Lipinski definition) is 7. The molecule has 1 N–H and O–H groups in total. The number of hydrogen-bond donors (Lipinski definition) is 1. The Bertz CT molecular complexity index is 582. The molecule has 236 valence electrons. The number of carbonyl (C=O) groups is 2. The van der Waals surface area contributed by atoms with Crippen LogP contribution < -0.4 is 5.32 Å². The van der Waals surface area contributed by atoms with E-state index in [-0.39, 0.29) is 37.8 Å². The summed E-state index contributed by atoms with van der Waals surface area (Å²) in [5.41, 5.74) is 0. The first-order valence-electron chi connectivity index (χ1n) is 16.6. The highest BCUT2D eigenvalue weighted by Crippen LogP contribution is 2.12. The Hall–Kier alpha value is -1.38. The van der Waals surface area contributed by atoms with Gasteiger partial charge >= 0.3 is 12.1 Å². The standard InChI is InChI=1S/C32H62N2O6/c1-4-6-8-10-12-17-25-37-31(38-26-18-13-11-9-7-5-2)20-19-30(35)39-27-29(3)28-40-32(36)33-21-24-34-22-15-14-16-23-34/h29,31H,4-28H2,1-3H3,(H,33,36). The summed E-state index contributed by atoms with van der Waals surface area (Å²) in [6.45, 7) is 11.8. The highest BCUT2D eigenvalue weighted by atomic mass is 16.7. The van der Waals surface area contributed by atoms with Gasteiger partial charge in [0, 0.05) is 38.6 Å². The summed E-state index contributed by atoms with van der Waals surface area (Å²) in [4.78, 5) is 26.7. The number of nitrogens with one attached hydrogen (secondary N) is 1. The van der Waals surface area contributed by atoms with Gasteiger partial charge in [0.05, 0.1) is 19.6 Å². The van der Waals surface area contributed by atoms with Crippen LogP contribution in [0.3, 0.4) is 0 Å². The molecule has 0 aromatic heterocycles. The molecule has 1 rings (SSSR count). The quantitative estimate of drug-likeness (QED) is 0.0666. The lowest BCUT2D eigenvalue weighted by Gasteiger charge is -2.26. The number of likely N-dealkylation sites (tertiary alicyclic amines) is 1. The smallest absolute Gasteiger partial charge is 0.407 e. The van der Waals surface area contributed by atoms with Gasteiger partial charge in [0.1, 0.15) is 0 Å². The number of alkyl carbamates (subject to hydrolysis) is 1. The Morgan fingerprint density at radius 1 is 0.750 bits per heavy atom. The number of piperidine rings is 1. The summed E-state index contributed by atoms with van der Waals surface area (Å²) in [5.74, 6) is -0.338. The monoisotopic (exact) mass is 570 g/mol. The maximum atomic E-state index is 12.4. The van der Waals surface area contributed by atoms with Crippen molar-refractivity contribution in [3.8, 4) is 0 Å². The third kappa shape index (κ3) is 22.3. The van der Waals surface area contributed by atoms with Gasteiger partial charge in [-0.1, -0.05) is 91.4 Å². The predicted molar refractivity (Wildman–Crippen MR) is 161 cm³/mol. The molecule has 0 aromatic rings. The zero-order valence-electron chi connectivity index (χ0n) is 26.2. The van der Waals surface area contributed by atoms with Crippen LogP contribution in [-0.2, 0) is 23.7 Å². The highest BCUT2D eigenvalue weighted by molar-refractivity contribution is 5.69. The van der Waals surface area contributed by atoms with Crippen molar-refractivity contribution >= 4 is 12.1 Å². The van der Waals surface area contributed by atoms with Crippen LogP contribution >= 0.6 is 0 Å². The number of esters is 1. The molecule has 1 fully saturated rings. The average Bonchev–Trinajstić information content (AvgIpc) is 2.96. The van der Waals surface area contributed by atoms with Crippen molar-refractivity contribution in [1.29, 1.82) is 0 Å². The Morgan fingerprint density at radius 2 is 1.30 bits per heavy atom. The van der Waals surface area contributed by atoms with Gasteiger partial charge in [0.15, 0.2) is 6.29 Å². The summed E-state index contributed by atoms with van der Waals surface area (Å²) in [6.07, 6.45) is 18.3. The molecule has 40 heavy (non-hydrogen) atoms. The normalized spacial score (nSPS) is 14.8. The van der Waals surface area contributed by atoms with Gasteiger partial charge in [-0.05, 0) is 38.8 Å². The van der Waals surface area contributed by atoms with Gasteiger partial charge in [-0.15, -0.1) is 0 Å². The van der Waals surface area contributed by atoms with E-state index in [0.717, 1.165) is 32.5 Å². The summed E-state index contributed by atoms with van der Waals surface area (Å²) in [6, 6.07) is 0. The molecular weight excluding hydrogens is 508 g/mol. The zero-order chi connectivity index (χ0) is 29.1. The molecule has 1 unspecified atom stereocenters. The van der Waals surface area contributed by atoms with E-state index in [9.17, 15) is 9.59 Å². The molecule has 1 aliphatic rings. The van der Waals surface area contributed by atoms with Crippen LogP contribution in [0.15, 0.2) is 0 Å². The number of rotatable bonds is 26. The van der Waals surface area contributed by atoms with Crippen molar-refractivity contribution in [1.82, 2.24) is 10.2 Å². The van der Waals surface area contributed by atoms with Crippen LogP contribution in [0.25, 0.3) is 0 Å². The van der Waals surface area contributed by atoms with Gasteiger partial charge in [-0.25, -0.2) is 4.79 Å². The molecule has 0 aliphatic carbocycles. The van der Waals surface area contributed by atoms with E-state index in [1.807, 2.05) is 6.92 Å². The first-order valence-corrected chi connectivity index (χ1v) is 16.6. The molecule has 1 amide bonds. The first-order chi connectivity index (χ1) is 19.5. The van der Waals surface area contributed by atoms with Gasteiger partial charge in [-0.2, -0.15) is 0 Å². The van der Waals surface area contributed by atoms with Crippen LogP contribution in [0.1, 0.15) is 130 Å². The largest absolute Gasteiger partial charge is 0.465 e. The molecule has 0 bridgehead atoms. The molecule has 0 saturated carbocycles. The Balaban J connectivity index is 2.20. The van der Waals surface area contributed by atoms with E-state index >= 15 is 0 Å². The van der Waals surface area contributed by atoms with E-state index in [0.29, 0.717) is 26.2 Å². The fraction of sp³-hybridized carbons (Fsp3) is 0.938. The minimum Gasteiger partial charge on any atom is -0.465 e. The minimum atomic E-state index is -0.414. The number of nitrogens with zero attached hydrogens (tertiary/aromatic N) is 1. The Labute approximate surface area is 245 Å². The summed E-state index contributed by atoms with van der Waals surface area (Å²) >= 11 is 0. The third-order valence-electron chi connectivity index (χ3n) is 7.36. The van der Waals surface area contributed by atoms with Gasteiger partial charge in [0.25, 0.3) is 0 Å². The fourth-order valence-corrected chi connectivity index (χ4v) is 4.77. The molecule has 0 radical (unpaired) electrons. The molecule has 8 nitrogen and oxygen atoms in total. The van der Waals surface area contributed by atoms with Gasteiger partial charge in [0.2, 0.25) is 0 Å². The van der Waals surface area contributed by atoms with E-state index < -0.39 is 6.09 Å². The SMILES string of the molecule is CCCCCCCCOC(CCC(=O)OCC(C)COC(=O)NCCN1CCCCC1)OCCCCCCCC. The van der Waals surface area contributed by atoms with Crippen molar-refractivity contribution < 1.29 is 28.5 Å². The molecule has 0 aromatic carbocycles. The minimum absolute atomic E-state index is 0.0690. The molecule has 8 heteroatoms. The topological polar surface area (TPSA) is 86.3 Å². The zero-order valence-corrected chi connectivity index (χ0v) is 26.2. The van der Waals surface area contributed by atoms with Crippen LogP contribution in [0, 0.1) is 5.92 Å². The predicted octanol–water partition coefficient (Wildman–Crippen LogP) is 7.24. The third-order valence-corrected chi connectivity index (χ3v) is 7.36. The second kappa shape index (κ2) is 26.5. The van der Waals surface area contributed by atoms with Crippen molar-refractivity contribution in [2.24, 2.45) is 5.92 Å². The lowest BCUT2D eigenvalue weighted by molar-refractivity contribution is -0.160. The van der Waals surface area contributed by atoms with Crippen molar-refractivity contribution in [2.45, 2.75) is 136 Å². The molecule has 0 spiro atoms. The highest BCUT2D eigenvalue weighted by Gasteiger charge is 2.16. The summed E-state index contributed by atoms with van der Waals surface area (Å²) < 4.78 is 22.8. The van der Waals surface area contributed by atoms with E-state index in [4.69, 9.17) is 18.9 Å². The first kappa shape index (κ1) is 36.6. The number of amides is 1. The van der Waals surface area contributed by atoms with Crippen LogP contribution in [0.2, 0.25) is 0 Å². The molecule has 1 aliphatic heterocycles. The van der Waals surface area contributed by atoms with Crippen molar-refractivity contribution in [2.75, 3.05) is 52.6 Å². The van der Waals surface area contributed by atoms with E-state index in [1.165, 1.54) is 83.5 Å². The summed E-state index contributed by atoms with van der Waals surface area (Å²) in [5, 5.41) is 2.81. The van der Waals surface area contributed by atoms with Crippen LogP contribution in [0.4, 0.5) is 4.79 Å². The van der Waals surface area contributed by atoms with Crippen LogP contribution in [0.5, 0.6) is 0 Å². The molecule has 1 saturated heterocycles. The van der Waals surface area contributed by atoms with E-state index in [2.05, 4.69) is 24.1 Å². The number of unbranched alkanes of at least 4 members (excludes halogenated alkanes) is 10. The lowest BCUT2D eigenvalue weighted by atomic mass is 10.1. The van der Waals surface area contributed by atoms with Crippen molar-refractivity contribution in [3.05, 3.63) is 0 Å². The second-order valence-corrected chi connectivity index (χ2v) is 11.5. The molecule has 1 heterocycles. The molecule has 1 atom stereocenters. The lowest BCUT2D eigenvalue weighted by Crippen LogP contribution is -2.38. The average molecular weight is 571 g/mol. The Morgan fingerprint density at radius 3 is 1.90 bits per heavy atom. The van der Waals surface area contributed by atoms with Gasteiger partial charge in [-0.3, -0.25) is 4.79 Å². The van der Waals surface area contributed by atoms with Crippen molar-refractivity contribution in [3.63, 3.8) is 0 Å². The van der Waals surface area contributed by atoms with E-state index in [1.54, 1.807) is 0 Å². The Kier molecular flexibility index (Phi) is 24.3. The molecular formula is C32H62N2O6. The van der Waals surface area contributed by atoms with Crippen LogP contribution in [-0.4, -0.2) is 75.9 Å².